The molecule has 0 amide bonds. The molecule has 1 unspecified atom stereocenters. The van der Waals surface area contributed by atoms with Crippen molar-refractivity contribution in [3.63, 3.8) is 0 Å². The Labute approximate surface area is 109 Å². The number of piperidine rings is 1. The molecule has 0 aromatic carbocycles. The molecule has 96 valence electrons. The van der Waals surface area contributed by atoms with Crippen molar-refractivity contribution in [3.8, 4) is 0 Å². The molecule has 1 saturated heterocycles. The molecule has 0 radical (unpaired) electrons. The number of imidazole rings is 1. The van der Waals surface area contributed by atoms with E-state index in [1.165, 1.54) is 29.9 Å². The molecule has 2 N–H and O–H groups in total. The van der Waals surface area contributed by atoms with Crippen LogP contribution in [0.5, 0.6) is 0 Å². The topological polar surface area (TPSA) is 62.7 Å². The van der Waals surface area contributed by atoms with Crippen LogP contribution in [0.25, 0.3) is 0 Å². The normalized spacial score (nSPS) is 20.1. The highest BCUT2D eigenvalue weighted by Crippen LogP contribution is 2.22. The fraction of sp³-hybridized carbons (Fsp3) is 0.500. The molecule has 1 aliphatic rings. The lowest BCUT2D eigenvalue weighted by Crippen LogP contribution is -2.28. The first-order valence-electron chi connectivity index (χ1n) is 6.23. The highest BCUT2D eigenvalue weighted by molar-refractivity contribution is 7.07. The van der Waals surface area contributed by atoms with Gasteiger partial charge in [0.2, 0.25) is 0 Å². The predicted molar refractivity (Wildman–Crippen MR) is 70.9 cm³/mol. The lowest BCUT2D eigenvalue weighted by atomic mass is 10.0. The number of H-pyrrole nitrogens is 1. The molecule has 1 fully saturated rings. The van der Waals surface area contributed by atoms with Crippen LogP contribution in [0.15, 0.2) is 22.7 Å². The van der Waals surface area contributed by atoms with Gasteiger partial charge in [-0.3, -0.25) is 4.79 Å². The minimum Gasteiger partial charge on any atom is -0.327 e. The van der Waals surface area contributed by atoms with Crippen LogP contribution in [0.2, 0.25) is 0 Å². The fourth-order valence-electron chi connectivity index (χ4n) is 2.43. The van der Waals surface area contributed by atoms with Crippen LogP contribution >= 0.6 is 11.3 Å². The molecule has 0 bridgehead atoms. The number of aromatic nitrogens is 3. The average molecular weight is 264 g/mol. The summed E-state index contributed by atoms with van der Waals surface area (Å²) in [7, 11) is 0. The van der Waals surface area contributed by atoms with Crippen LogP contribution in [-0.4, -0.2) is 21.1 Å². The van der Waals surface area contributed by atoms with Crippen LogP contribution in [0, 0.1) is 0 Å². The van der Waals surface area contributed by atoms with Crippen molar-refractivity contribution >= 4 is 11.3 Å². The van der Waals surface area contributed by atoms with E-state index < -0.39 is 0 Å². The molecule has 2 aromatic heterocycles. The first-order valence-corrected chi connectivity index (χ1v) is 7.11. The van der Waals surface area contributed by atoms with E-state index in [-0.39, 0.29) is 4.87 Å². The maximum absolute atomic E-state index is 11.1. The molecule has 6 heteroatoms. The SMILES string of the molecule is O=c1[nH]c(Cn2cncc2C2CCCCN2)cs1. The molecule has 0 aliphatic carbocycles. The van der Waals surface area contributed by atoms with E-state index in [0.29, 0.717) is 12.6 Å². The Morgan fingerprint density at radius 1 is 1.50 bits per heavy atom. The molecule has 5 nitrogen and oxygen atoms in total. The maximum Gasteiger partial charge on any atom is 0.304 e. The minimum absolute atomic E-state index is 0.00227. The van der Waals surface area contributed by atoms with Crippen LogP contribution in [0.1, 0.15) is 36.7 Å². The summed E-state index contributed by atoms with van der Waals surface area (Å²) in [5, 5.41) is 5.40. The van der Waals surface area contributed by atoms with Crippen LogP contribution in [-0.2, 0) is 6.54 Å². The minimum atomic E-state index is 0.00227. The zero-order valence-corrected chi connectivity index (χ0v) is 10.9. The van der Waals surface area contributed by atoms with E-state index in [0.717, 1.165) is 18.7 Å². The number of aromatic amines is 1. The second kappa shape index (κ2) is 5.07. The molecule has 1 atom stereocenters. The van der Waals surface area contributed by atoms with Gasteiger partial charge in [0.1, 0.15) is 0 Å². The molecule has 0 spiro atoms. The zero-order chi connectivity index (χ0) is 12.4. The van der Waals surface area contributed by atoms with Crippen molar-refractivity contribution in [1.82, 2.24) is 19.9 Å². The van der Waals surface area contributed by atoms with Gasteiger partial charge < -0.3 is 14.9 Å². The van der Waals surface area contributed by atoms with Crippen molar-refractivity contribution in [2.45, 2.75) is 31.8 Å². The van der Waals surface area contributed by atoms with Gasteiger partial charge in [-0.15, -0.1) is 0 Å². The second-order valence-electron chi connectivity index (χ2n) is 4.62. The Kier molecular flexibility index (Phi) is 3.29. The average Bonchev–Trinajstić information content (AvgIpc) is 3.00. The van der Waals surface area contributed by atoms with Crippen LogP contribution in [0.3, 0.4) is 0 Å². The van der Waals surface area contributed by atoms with E-state index in [4.69, 9.17) is 0 Å². The second-order valence-corrected chi connectivity index (χ2v) is 5.46. The van der Waals surface area contributed by atoms with Gasteiger partial charge in [-0.05, 0) is 19.4 Å². The first-order chi connectivity index (χ1) is 8.83. The van der Waals surface area contributed by atoms with E-state index in [1.807, 2.05) is 17.9 Å². The monoisotopic (exact) mass is 264 g/mol. The van der Waals surface area contributed by atoms with Crippen LogP contribution in [0.4, 0.5) is 0 Å². The standard InChI is InChI=1S/C12H16N4OS/c17-12-15-9(7-18-12)6-16-8-13-5-11(16)10-3-1-2-4-14-10/h5,7-8,10,14H,1-4,6H2,(H,15,17). The smallest absolute Gasteiger partial charge is 0.304 e. The van der Waals surface area contributed by atoms with E-state index in [2.05, 4.69) is 19.9 Å². The third kappa shape index (κ3) is 2.39. The summed E-state index contributed by atoms with van der Waals surface area (Å²) in [5.41, 5.74) is 2.15. The van der Waals surface area contributed by atoms with Gasteiger partial charge in [0.25, 0.3) is 0 Å². The number of hydrogen-bond acceptors (Lipinski definition) is 4. The lowest BCUT2D eigenvalue weighted by Gasteiger charge is -2.24. The van der Waals surface area contributed by atoms with Gasteiger partial charge in [-0.2, -0.15) is 0 Å². The Morgan fingerprint density at radius 3 is 3.17 bits per heavy atom. The number of hydrogen-bond donors (Lipinski definition) is 2. The van der Waals surface area contributed by atoms with Crippen molar-refractivity contribution < 1.29 is 0 Å². The number of thiazole rings is 1. The van der Waals surface area contributed by atoms with Gasteiger partial charge in [0.15, 0.2) is 0 Å². The van der Waals surface area contributed by atoms with E-state index in [1.54, 1.807) is 0 Å². The Morgan fingerprint density at radius 2 is 2.44 bits per heavy atom. The quantitative estimate of drug-likeness (QED) is 0.883. The van der Waals surface area contributed by atoms with Gasteiger partial charge in [-0.25, -0.2) is 4.98 Å². The fourth-order valence-corrected chi connectivity index (χ4v) is 3.01. The number of rotatable bonds is 3. The largest absolute Gasteiger partial charge is 0.327 e. The number of nitrogens with zero attached hydrogens (tertiary/aromatic N) is 2. The summed E-state index contributed by atoms with van der Waals surface area (Å²) in [4.78, 5) is 18.2. The molecule has 3 rings (SSSR count). The molecule has 0 saturated carbocycles. The van der Waals surface area contributed by atoms with E-state index in [9.17, 15) is 4.79 Å². The Bertz CT molecular complexity index is 564. The highest BCUT2D eigenvalue weighted by atomic mass is 32.1. The zero-order valence-electron chi connectivity index (χ0n) is 10.1. The summed E-state index contributed by atoms with van der Waals surface area (Å²) >= 11 is 1.21. The molecule has 1 aliphatic heterocycles. The van der Waals surface area contributed by atoms with Crippen molar-refractivity contribution in [2.24, 2.45) is 0 Å². The van der Waals surface area contributed by atoms with Gasteiger partial charge in [-0.1, -0.05) is 17.8 Å². The van der Waals surface area contributed by atoms with Gasteiger partial charge in [0, 0.05) is 23.3 Å². The third-order valence-corrected chi connectivity index (χ3v) is 4.04. The summed E-state index contributed by atoms with van der Waals surface area (Å²) in [5.74, 6) is 0. The lowest BCUT2D eigenvalue weighted by molar-refractivity contribution is 0.395. The molecule has 2 aromatic rings. The summed E-state index contributed by atoms with van der Waals surface area (Å²) in [6.07, 6.45) is 7.43. The van der Waals surface area contributed by atoms with Crippen molar-refractivity contribution in [1.29, 1.82) is 0 Å². The Balaban J connectivity index is 1.80. The third-order valence-electron chi connectivity index (χ3n) is 3.32. The predicted octanol–water partition coefficient (Wildman–Crippen LogP) is 1.50. The molecular weight excluding hydrogens is 248 g/mol. The van der Waals surface area contributed by atoms with Gasteiger partial charge >= 0.3 is 4.87 Å². The van der Waals surface area contributed by atoms with Crippen molar-refractivity contribution in [2.75, 3.05) is 6.54 Å². The summed E-state index contributed by atoms with van der Waals surface area (Å²) in [6, 6.07) is 0.395. The number of nitrogens with one attached hydrogen (secondary N) is 2. The van der Waals surface area contributed by atoms with Crippen molar-refractivity contribution in [3.05, 3.63) is 39.0 Å². The maximum atomic E-state index is 11.1. The Hall–Kier alpha value is -1.40. The molecule has 18 heavy (non-hydrogen) atoms. The summed E-state index contributed by atoms with van der Waals surface area (Å²) in [6.45, 7) is 1.76. The van der Waals surface area contributed by atoms with Crippen LogP contribution < -0.4 is 10.2 Å². The molecular formula is C12H16N4OS. The van der Waals surface area contributed by atoms with E-state index >= 15 is 0 Å². The molecule has 3 heterocycles. The highest BCUT2D eigenvalue weighted by Gasteiger charge is 2.18. The summed E-state index contributed by atoms with van der Waals surface area (Å²) < 4.78 is 2.11. The first kappa shape index (κ1) is 11.7. The van der Waals surface area contributed by atoms with Gasteiger partial charge in [0.05, 0.1) is 18.6 Å².